The minimum Gasteiger partial charge on any atom is -0.369 e. The Morgan fingerprint density at radius 3 is 2.44 bits per heavy atom. The number of primary amides is 1. The van der Waals surface area contributed by atoms with Gasteiger partial charge in [-0.1, -0.05) is 25.1 Å². The molecule has 2 unspecified atom stereocenters. The fourth-order valence-electron chi connectivity index (χ4n) is 3.89. The van der Waals surface area contributed by atoms with Crippen molar-refractivity contribution in [1.29, 1.82) is 0 Å². The number of hydrogen-bond donors (Lipinski definition) is 1. The maximum atomic E-state index is 12.4. The highest BCUT2D eigenvalue weighted by molar-refractivity contribution is 5.95. The van der Waals surface area contributed by atoms with E-state index in [0.717, 1.165) is 24.3 Å². The standard InChI is InChI=1S/C19H25N3O3/c1-2-18(24)22-9-7-21(8-10-22)16-6-4-3-5-14(16)15-11-13(19(20)25)12-17(15)23/h3-6,13,15H,2,7-12H2,1H3,(H2,20,25). The van der Waals surface area contributed by atoms with E-state index in [1.165, 1.54) is 0 Å². The summed E-state index contributed by atoms with van der Waals surface area (Å²) < 4.78 is 0. The van der Waals surface area contributed by atoms with Crippen molar-refractivity contribution in [3.8, 4) is 0 Å². The van der Waals surface area contributed by atoms with E-state index in [1.807, 2.05) is 36.1 Å². The van der Waals surface area contributed by atoms with Crippen molar-refractivity contribution in [2.75, 3.05) is 31.1 Å². The zero-order valence-corrected chi connectivity index (χ0v) is 14.6. The van der Waals surface area contributed by atoms with Gasteiger partial charge in [-0.2, -0.15) is 0 Å². The molecule has 2 atom stereocenters. The number of amides is 2. The highest BCUT2D eigenvalue weighted by Gasteiger charge is 2.38. The molecule has 1 saturated carbocycles. The number of rotatable bonds is 4. The molecule has 1 aliphatic carbocycles. The Balaban J connectivity index is 1.77. The zero-order chi connectivity index (χ0) is 18.0. The van der Waals surface area contributed by atoms with Gasteiger partial charge in [-0.15, -0.1) is 0 Å². The lowest BCUT2D eigenvalue weighted by Crippen LogP contribution is -2.49. The number of nitrogens with two attached hydrogens (primary N) is 1. The number of carbonyl (C=O) groups excluding carboxylic acids is 3. The fraction of sp³-hybridized carbons (Fsp3) is 0.526. The van der Waals surface area contributed by atoms with Crippen molar-refractivity contribution in [3.05, 3.63) is 29.8 Å². The van der Waals surface area contributed by atoms with Gasteiger partial charge in [-0.05, 0) is 18.1 Å². The van der Waals surface area contributed by atoms with Gasteiger partial charge in [0, 0.05) is 56.5 Å². The van der Waals surface area contributed by atoms with E-state index in [4.69, 9.17) is 5.73 Å². The Hall–Kier alpha value is -2.37. The lowest BCUT2D eigenvalue weighted by Gasteiger charge is -2.37. The monoisotopic (exact) mass is 343 g/mol. The molecule has 1 aliphatic heterocycles. The van der Waals surface area contributed by atoms with Crippen LogP contribution in [0, 0.1) is 5.92 Å². The van der Waals surface area contributed by atoms with Crippen LogP contribution in [-0.2, 0) is 14.4 Å². The van der Waals surface area contributed by atoms with E-state index in [9.17, 15) is 14.4 Å². The summed E-state index contributed by atoms with van der Waals surface area (Å²) in [6.45, 7) is 4.78. The number of benzene rings is 1. The third kappa shape index (κ3) is 3.52. The lowest BCUT2D eigenvalue weighted by atomic mass is 9.93. The summed E-state index contributed by atoms with van der Waals surface area (Å²) in [7, 11) is 0. The van der Waals surface area contributed by atoms with Crippen molar-refractivity contribution in [2.45, 2.75) is 32.1 Å². The molecule has 3 rings (SSSR count). The molecule has 1 heterocycles. The Kier molecular flexibility index (Phi) is 5.06. The Morgan fingerprint density at radius 1 is 1.16 bits per heavy atom. The van der Waals surface area contributed by atoms with Gasteiger partial charge in [0.15, 0.2) is 0 Å². The SMILES string of the molecule is CCC(=O)N1CCN(c2ccccc2C2CC(C(N)=O)CC2=O)CC1. The molecule has 6 nitrogen and oxygen atoms in total. The molecule has 0 radical (unpaired) electrons. The number of nitrogens with zero attached hydrogens (tertiary/aromatic N) is 2. The van der Waals surface area contributed by atoms with E-state index in [1.54, 1.807) is 0 Å². The number of piperazine rings is 1. The maximum Gasteiger partial charge on any atom is 0.222 e. The number of ketones is 1. The second-order valence-electron chi connectivity index (χ2n) is 6.84. The highest BCUT2D eigenvalue weighted by Crippen LogP contribution is 2.39. The normalized spacial score (nSPS) is 23.8. The van der Waals surface area contributed by atoms with Crippen molar-refractivity contribution >= 4 is 23.3 Å². The van der Waals surface area contributed by atoms with Gasteiger partial charge in [0.05, 0.1) is 0 Å². The summed E-state index contributed by atoms with van der Waals surface area (Å²) in [6.07, 6.45) is 1.27. The first-order chi connectivity index (χ1) is 12.0. The summed E-state index contributed by atoms with van der Waals surface area (Å²) >= 11 is 0. The van der Waals surface area contributed by atoms with E-state index in [-0.39, 0.29) is 35.9 Å². The van der Waals surface area contributed by atoms with Crippen LogP contribution in [-0.4, -0.2) is 48.7 Å². The van der Waals surface area contributed by atoms with Gasteiger partial charge < -0.3 is 15.5 Å². The Labute approximate surface area is 148 Å². The van der Waals surface area contributed by atoms with Crippen molar-refractivity contribution < 1.29 is 14.4 Å². The van der Waals surface area contributed by atoms with Crippen LogP contribution < -0.4 is 10.6 Å². The van der Waals surface area contributed by atoms with Gasteiger partial charge in [-0.3, -0.25) is 14.4 Å². The number of para-hydroxylation sites is 1. The molecule has 1 saturated heterocycles. The van der Waals surface area contributed by atoms with Crippen LogP contribution in [0.2, 0.25) is 0 Å². The quantitative estimate of drug-likeness (QED) is 0.893. The number of hydrogen-bond acceptors (Lipinski definition) is 4. The molecular formula is C19H25N3O3. The second kappa shape index (κ2) is 7.25. The first kappa shape index (κ1) is 17.5. The predicted molar refractivity (Wildman–Crippen MR) is 95.2 cm³/mol. The second-order valence-corrected chi connectivity index (χ2v) is 6.84. The average Bonchev–Trinajstić information content (AvgIpc) is 3.03. The third-order valence-corrected chi connectivity index (χ3v) is 5.35. The molecule has 2 fully saturated rings. The summed E-state index contributed by atoms with van der Waals surface area (Å²) in [5.74, 6) is -0.729. The van der Waals surface area contributed by atoms with Crippen LogP contribution in [0.5, 0.6) is 0 Å². The smallest absolute Gasteiger partial charge is 0.222 e. The molecule has 0 spiro atoms. The summed E-state index contributed by atoms with van der Waals surface area (Å²) in [5, 5.41) is 0. The van der Waals surface area contributed by atoms with Crippen LogP contribution in [0.3, 0.4) is 0 Å². The van der Waals surface area contributed by atoms with Crippen LogP contribution in [0.4, 0.5) is 5.69 Å². The molecule has 0 bridgehead atoms. The molecule has 1 aromatic rings. The summed E-state index contributed by atoms with van der Waals surface area (Å²) in [6, 6.07) is 7.90. The number of anilines is 1. The lowest BCUT2D eigenvalue weighted by molar-refractivity contribution is -0.131. The van der Waals surface area contributed by atoms with E-state index < -0.39 is 0 Å². The summed E-state index contributed by atoms with van der Waals surface area (Å²) in [5.41, 5.74) is 7.41. The predicted octanol–water partition coefficient (Wildman–Crippen LogP) is 1.29. The van der Waals surface area contributed by atoms with Crippen LogP contribution in [0.1, 0.15) is 37.7 Å². The summed E-state index contributed by atoms with van der Waals surface area (Å²) in [4.78, 5) is 39.9. The molecule has 2 aliphatic rings. The van der Waals surface area contributed by atoms with Crippen LogP contribution >= 0.6 is 0 Å². The number of Topliss-reactive ketones (excluding diaryl/α,β-unsaturated/α-hetero) is 1. The van der Waals surface area contributed by atoms with Crippen LogP contribution in [0.15, 0.2) is 24.3 Å². The van der Waals surface area contributed by atoms with E-state index >= 15 is 0 Å². The Bertz CT molecular complexity index is 680. The maximum absolute atomic E-state index is 12.4. The minimum absolute atomic E-state index is 0.0936. The van der Waals surface area contributed by atoms with Gasteiger partial charge in [0.2, 0.25) is 11.8 Å². The zero-order valence-electron chi connectivity index (χ0n) is 14.6. The molecule has 134 valence electrons. The fourth-order valence-corrected chi connectivity index (χ4v) is 3.89. The topological polar surface area (TPSA) is 83.7 Å². The first-order valence-corrected chi connectivity index (χ1v) is 8.95. The molecular weight excluding hydrogens is 318 g/mol. The van der Waals surface area contributed by atoms with Gasteiger partial charge >= 0.3 is 0 Å². The molecule has 2 amide bonds. The first-order valence-electron chi connectivity index (χ1n) is 8.95. The third-order valence-electron chi connectivity index (χ3n) is 5.35. The number of carbonyl (C=O) groups is 3. The van der Waals surface area contributed by atoms with E-state index in [2.05, 4.69) is 4.90 Å². The Morgan fingerprint density at radius 2 is 1.84 bits per heavy atom. The largest absolute Gasteiger partial charge is 0.369 e. The molecule has 0 aromatic heterocycles. The molecule has 2 N–H and O–H groups in total. The van der Waals surface area contributed by atoms with Gasteiger partial charge in [0.25, 0.3) is 0 Å². The van der Waals surface area contributed by atoms with Gasteiger partial charge in [0.1, 0.15) is 5.78 Å². The van der Waals surface area contributed by atoms with Crippen molar-refractivity contribution in [3.63, 3.8) is 0 Å². The minimum atomic E-state index is -0.389. The molecule has 1 aromatic carbocycles. The van der Waals surface area contributed by atoms with Crippen molar-refractivity contribution in [2.24, 2.45) is 11.7 Å². The average molecular weight is 343 g/mol. The van der Waals surface area contributed by atoms with Crippen LogP contribution in [0.25, 0.3) is 0 Å². The van der Waals surface area contributed by atoms with Crippen molar-refractivity contribution in [1.82, 2.24) is 4.90 Å². The van der Waals surface area contributed by atoms with Gasteiger partial charge in [-0.25, -0.2) is 0 Å². The highest BCUT2D eigenvalue weighted by atomic mass is 16.2. The molecule has 6 heteroatoms. The molecule has 25 heavy (non-hydrogen) atoms. The van der Waals surface area contributed by atoms with E-state index in [0.29, 0.717) is 25.9 Å².